The molecule has 9 unspecified atom stereocenters. The molecule has 3 aromatic rings. The Balaban J connectivity index is 0.00000432. The Hall–Kier alpha value is -1.31. The Bertz CT molecular complexity index is 2280. The number of amides is 1. The van der Waals surface area contributed by atoms with Crippen LogP contribution in [0.3, 0.4) is 0 Å². The number of benzene rings is 3. The number of hydrogen-bond acceptors (Lipinski definition) is 13. The van der Waals surface area contributed by atoms with Gasteiger partial charge in [0.2, 0.25) is 0 Å². The summed E-state index contributed by atoms with van der Waals surface area (Å²) in [6.07, 6.45) is -6.46. The minimum absolute atomic E-state index is 0. The van der Waals surface area contributed by atoms with Crippen molar-refractivity contribution in [2.45, 2.75) is 133 Å². The summed E-state index contributed by atoms with van der Waals surface area (Å²) in [5, 5.41) is 42.5. The van der Waals surface area contributed by atoms with Crippen LogP contribution >= 0.6 is 11.8 Å². The van der Waals surface area contributed by atoms with E-state index < -0.39 is 103 Å². The van der Waals surface area contributed by atoms with Crippen molar-refractivity contribution in [3.8, 4) is 0 Å². The normalized spacial score (nSPS) is 30.2. The maximum absolute atomic E-state index is 15.7. The van der Waals surface area contributed by atoms with Gasteiger partial charge in [0, 0.05) is 118 Å². The third-order valence-corrected chi connectivity index (χ3v) is 20.6. The van der Waals surface area contributed by atoms with Crippen LogP contribution in [0.15, 0.2) is 102 Å². The average molecular weight is 1400 g/mol. The number of esters is 2. The van der Waals surface area contributed by atoms with Gasteiger partial charge in [-0.25, -0.2) is 9.59 Å². The zero-order valence-electron chi connectivity index (χ0n) is 40.3. The van der Waals surface area contributed by atoms with Gasteiger partial charge in [0.1, 0.15) is 29.5 Å². The molecule has 0 aromatic heterocycles. The summed E-state index contributed by atoms with van der Waals surface area (Å²) in [7, 11) is -2.52. The average Bonchev–Trinajstić information content (AvgIpc) is 3.32. The second-order valence-electron chi connectivity index (χ2n) is 19.1. The number of nitrogens with one attached hydrogen (secondary N) is 1. The maximum atomic E-state index is 15.7. The predicted octanol–water partition coefficient (Wildman–Crippen LogP) is 6.97. The SMILES string of the molecule is CC[Si](CC)(CC)OC1CC2OC[C@@]2(O)C2C(OC(=O)c3ccccc3)C3(O)CC(OC(=O)C(OCSC)C(NC(=O)c4ccccc4)c4ccccc4)C(C)=C(C(O)C(=O)[C@]12C)C3(C)C.[Ac].[Ac]. The zero-order chi connectivity index (χ0) is 47.8. The molecule has 4 aliphatic rings. The van der Waals surface area contributed by atoms with E-state index in [2.05, 4.69) is 26.1 Å². The molecule has 7 rings (SSSR count). The van der Waals surface area contributed by atoms with Gasteiger partial charge in [-0.3, -0.25) is 9.59 Å². The zero-order valence-corrected chi connectivity index (χ0v) is 51.6. The maximum Gasteiger partial charge on any atom is 0.338 e. The van der Waals surface area contributed by atoms with Crippen LogP contribution < -0.4 is 5.32 Å². The Morgan fingerprint density at radius 2 is 1.43 bits per heavy atom. The number of carbonyl (C=O) groups is 4. The number of rotatable bonds is 16. The first-order valence-electron chi connectivity index (χ1n) is 23.0. The van der Waals surface area contributed by atoms with Crippen molar-refractivity contribution in [2.75, 3.05) is 18.8 Å². The number of fused-ring (bicyclic) bond motifs is 5. The molecule has 2 radical (unpaired) electrons. The Morgan fingerprint density at radius 3 is 1.96 bits per heavy atom. The quantitative estimate of drug-likeness (QED) is 0.0499. The minimum atomic E-state index is -2.52. The summed E-state index contributed by atoms with van der Waals surface area (Å²) in [5.41, 5.74) is -5.81. The number of ketones is 1. The standard InChI is InChI=1S/C51H65NO12SSi.2Ac/c1-9-66(10-2,11-3)64-36-27-37-50(58,29-60-37)42-44(63-46(56)34-25-19-14-20-26-34)51(59)28-35(31(4)38(48(51,5)6)40(53)43(54)49(36,42)7)62-47(57)41(61-30-65-8)39(32-21-15-12-16-22-32)52-45(55)33-23-17-13-18-24-33;;/h12-26,35-37,39-42,44,53,58-59H,9-11,27-30H2,1-8H3,(H,52,55);;/t35?,36?,37?,39?,40?,41?,42?,44?,49-,50+,51?;;/m1../s1. The number of ether oxygens (including phenoxy) is 4. The number of aliphatic hydroxyl groups excluding tert-OH is 1. The predicted molar refractivity (Wildman–Crippen MR) is 252 cm³/mol. The molecule has 1 saturated heterocycles. The topological polar surface area (TPSA) is 187 Å². The molecule has 2 saturated carbocycles. The Kier molecular flexibility index (Phi) is 19.7. The van der Waals surface area contributed by atoms with Crippen LogP contribution in [0.5, 0.6) is 0 Å². The molecule has 1 amide bonds. The third kappa shape index (κ3) is 10.4. The van der Waals surface area contributed by atoms with Crippen LogP contribution in [0.1, 0.15) is 93.6 Å². The number of Topliss-reactive ketones (excluding diaryl/α,β-unsaturated/α-hetero) is 1. The van der Waals surface area contributed by atoms with Crippen LogP contribution in [0.2, 0.25) is 18.1 Å². The second-order valence-corrected chi connectivity index (χ2v) is 24.6. The Morgan fingerprint density at radius 1 is 0.868 bits per heavy atom. The van der Waals surface area contributed by atoms with E-state index in [1.54, 1.807) is 119 Å². The van der Waals surface area contributed by atoms with E-state index in [0.717, 1.165) is 18.1 Å². The van der Waals surface area contributed by atoms with E-state index >= 15 is 4.79 Å². The van der Waals surface area contributed by atoms with Gasteiger partial charge in [-0.15, -0.1) is 11.8 Å². The Labute approximate surface area is 477 Å². The van der Waals surface area contributed by atoms with Crippen LogP contribution in [0.25, 0.3) is 0 Å². The molecule has 13 nitrogen and oxygen atoms in total. The van der Waals surface area contributed by atoms with Crippen molar-refractivity contribution in [1.29, 1.82) is 0 Å². The van der Waals surface area contributed by atoms with Gasteiger partial charge < -0.3 is 44.0 Å². The molecule has 1 heterocycles. The molecular weight excluding hydrogens is 1330 g/mol. The fraction of sp³-hybridized carbons (Fsp3) is 0.529. The number of aliphatic hydroxyl groups is 3. The first kappa shape index (κ1) is 57.6. The van der Waals surface area contributed by atoms with Crippen molar-refractivity contribution in [2.24, 2.45) is 16.7 Å². The van der Waals surface area contributed by atoms with Gasteiger partial charge in [-0.1, -0.05) is 101 Å². The molecule has 3 aliphatic carbocycles. The van der Waals surface area contributed by atoms with Crippen molar-refractivity contribution in [3.05, 3.63) is 119 Å². The van der Waals surface area contributed by atoms with Crippen molar-refractivity contribution < 1.29 is 146 Å². The van der Waals surface area contributed by atoms with Gasteiger partial charge in [0.15, 0.2) is 20.2 Å². The monoisotopic (exact) mass is 1400 g/mol. The first-order chi connectivity index (χ1) is 31.4. The van der Waals surface area contributed by atoms with Crippen LogP contribution in [0, 0.1) is 105 Å². The van der Waals surface area contributed by atoms with Crippen LogP contribution in [-0.2, 0) is 33.0 Å². The van der Waals surface area contributed by atoms with Crippen molar-refractivity contribution in [3.63, 3.8) is 0 Å². The summed E-state index contributed by atoms with van der Waals surface area (Å²) in [6, 6.07) is 26.9. The van der Waals surface area contributed by atoms with Gasteiger partial charge in [0.05, 0.1) is 41.8 Å². The molecule has 0 spiro atoms. The molecular formula is C51H65Ac2NO12SSi. The van der Waals surface area contributed by atoms with E-state index in [1.165, 1.54) is 11.8 Å². The van der Waals surface area contributed by atoms with Gasteiger partial charge in [0.25, 0.3) is 5.91 Å². The smallest absolute Gasteiger partial charge is 0.338 e. The number of carbonyl (C=O) groups excluding carboxylic acids is 4. The molecule has 17 heteroatoms. The summed E-state index contributed by atoms with van der Waals surface area (Å²) in [6.45, 7) is 12.6. The van der Waals surface area contributed by atoms with E-state index in [1.807, 2.05) is 6.07 Å². The van der Waals surface area contributed by atoms with E-state index in [0.29, 0.717) is 16.7 Å². The third-order valence-electron chi connectivity index (χ3n) is 15.6. The minimum Gasteiger partial charge on any atom is -0.456 e. The molecule has 11 atom stereocenters. The molecule has 362 valence electrons. The molecule has 2 bridgehead atoms. The van der Waals surface area contributed by atoms with Crippen molar-refractivity contribution in [1.82, 2.24) is 5.32 Å². The fourth-order valence-corrected chi connectivity index (χ4v) is 14.5. The first-order valence-corrected chi connectivity index (χ1v) is 26.9. The van der Waals surface area contributed by atoms with E-state index in [-0.39, 0.29) is 125 Å². The number of hydrogen-bond donors (Lipinski definition) is 4. The van der Waals surface area contributed by atoms with Crippen LogP contribution in [-0.4, -0.2) is 114 Å². The van der Waals surface area contributed by atoms with Crippen molar-refractivity contribution >= 4 is 43.7 Å². The van der Waals surface area contributed by atoms with E-state index in [4.69, 9.17) is 23.4 Å². The summed E-state index contributed by atoms with van der Waals surface area (Å²) >= 11 is 1.31. The summed E-state index contributed by atoms with van der Waals surface area (Å²) < 4.78 is 32.5. The second kappa shape index (κ2) is 23.3. The molecule has 68 heavy (non-hydrogen) atoms. The molecule has 4 N–H and O–H groups in total. The number of thioether (sulfide) groups is 1. The molecule has 3 aromatic carbocycles. The van der Waals surface area contributed by atoms with Gasteiger partial charge in [-0.05, 0) is 79.2 Å². The van der Waals surface area contributed by atoms with E-state index in [9.17, 15) is 29.7 Å². The largest absolute Gasteiger partial charge is 0.456 e. The molecule has 1 aliphatic heterocycles. The van der Waals surface area contributed by atoms with Gasteiger partial charge in [-0.2, -0.15) is 0 Å². The van der Waals surface area contributed by atoms with Crippen LogP contribution in [0.4, 0.5) is 0 Å². The fourth-order valence-electron chi connectivity index (χ4n) is 11.3. The molecule has 3 fully saturated rings. The van der Waals surface area contributed by atoms with Gasteiger partial charge >= 0.3 is 11.9 Å². The summed E-state index contributed by atoms with van der Waals surface area (Å²) in [5.74, 6) is -4.16. The summed E-state index contributed by atoms with van der Waals surface area (Å²) in [4.78, 5) is 58.8.